The van der Waals surface area contributed by atoms with Crippen molar-refractivity contribution in [2.24, 2.45) is 7.05 Å². The predicted octanol–water partition coefficient (Wildman–Crippen LogP) is 3.86. The van der Waals surface area contributed by atoms with Crippen molar-refractivity contribution in [1.82, 2.24) is 19.7 Å². The van der Waals surface area contributed by atoms with Crippen LogP contribution in [0.3, 0.4) is 0 Å². The summed E-state index contributed by atoms with van der Waals surface area (Å²) in [4.78, 5) is 8.07. The fourth-order valence-corrected chi connectivity index (χ4v) is 2.60. The van der Waals surface area contributed by atoms with E-state index in [0.29, 0.717) is 16.6 Å². The molecule has 0 saturated carbocycles. The van der Waals surface area contributed by atoms with Crippen LogP contribution in [0.15, 0.2) is 31.0 Å². The summed E-state index contributed by atoms with van der Waals surface area (Å²) in [6.07, 6.45) is 1.57. The molecule has 3 aromatic rings. The first-order valence-corrected chi connectivity index (χ1v) is 6.67. The van der Waals surface area contributed by atoms with Gasteiger partial charge in [-0.3, -0.25) is 4.68 Å². The largest absolute Gasteiger partial charge is 0.267 e. The van der Waals surface area contributed by atoms with Crippen molar-refractivity contribution in [3.63, 3.8) is 0 Å². The molecular formula is C15H12ClFN4. The van der Waals surface area contributed by atoms with Gasteiger partial charge < -0.3 is 0 Å². The highest BCUT2D eigenvalue weighted by molar-refractivity contribution is 6.28. The van der Waals surface area contributed by atoms with E-state index in [-0.39, 0.29) is 11.1 Å². The van der Waals surface area contributed by atoms with E-state index in [1.807, 2.05) is 6.92 Å². The number of benzene rings is 1. The van der Waals surface area contributed by atoms with Crippen molar-refractivity contribution in [3.8, 4) is 11.3 Å². The van der Waals surface area contributed by atoms with Gasteiger partial charge in [-0.1, -0.05) is 6.58 Å². The number of allylic oxidation sites excluding steroid dienone is 1. The predicted molar refractivity (Wildman–Crippen MR) is 81.4 cm³/mol. The molecule has 0 atom stereocenters. The summed E-state index contributed by atoms with van der Waals surface area (Å²) in [6, 6.07) is 4.78. The molecule has 0 N–H and O–H groups in total. The van der Waals surface area contributed by atoms with Gasteiger partial charge in [0.25, 0.3) is 0 Å². The van der Waals surface area contributed by atoms with E-state index in [2.05, 4.69) is 21.6 Å². The Bertz CT molecular complexity index is 869. The van der Waals surface area contributed by atoms with Gasteiger partial charge in [0.15, 0.2) is 5.82 Å². The molecule has 0 fully saturated rings. The Morgan fingerprint density at radius 1 is 1.33 bits per heavy atom. The Morgan fingerprint density at radius 2 is 2.10 bits per heavy atom. The summed E-state index contributed by atoms with van der Waals surface area (Å²) >= 11 is 5.85. The normalized spacial score (nSPS) is 11.0. The molecule has 21 heavy (non-hydrogen) atoms. The van der Waals surface area contributed by atoms with Gasteiger partial charge in [0.1, 0.15) is 5.52 Å². The number of fused-ring (bicyclic) bond motifs is 1. The third-order valence-electron chi connectivity index (χ3n) is 3.25. The maximum Gasteiger partial charge on any atom is 0.222 e. The molecule has 0 unspecified atom stereocenters. The summed E-state index contributed by atoms with van der Waals surface area (Å²) < 4.78 is 15.7. The van der Waals surface area contributed by atoms with Gasteiger partial charge in [-0.15, -0.1) is 0 Å². The average molecular weight is 303 g/mol. The smallest absolute Gasteiger partial charge is 0.222 e. The van der Waals surface area contributed by atoms with Crippen molar-refractivity contribution in [2.75, 3.05) is 0 Å². The van der Waals surface area contributed by atoms with Gasteiger partial charge in [-0.2, -0.15) is 5.10 Å². The summed E-state index contributed by atoms with van der Waals surface area (Å²) in [6.45, 7) is 5.81. The van der Waals surface area contributed by atoms with Crippen LogP contribution >= 0.6 is 11.6 Å². The molecule has 0 spiro atoms. The molecule has 0 amide bonds. The van der Waals surface area contributed by atoms with E-state index in [0.717, 1.165) is 16.8 Å². The summed E-state index contributed by atoms with van der Waals surface area (Å²) in [5.41, 5.74) is 3.24. The lowest BCUT2D eigenvalue weighted by atomic mass is 10.0. The Balaban J connectivity index is 2.43. The van der Waals surface area contributed by atoms with Gasteiger partial charge in [-0.05, 0) is 42.3 Å². The molecule has 106 valence electrons. The van der Waals surface area contributed by atoms with E-state index < -0.39 is 0 Å². The Kier molecular flexibility index (Phi) is 3.22. The first-order valence-electron chi connectivity index (χ1n) is 6.29. The monoisotopic (exact) mass is 302 g/mol. The van der Waals surface area contributed by atoms with E-state index in [1.54, 1.807) is 30.1 Å². The first-order chi connectivity index (χ1) is 9.99. The van der Waals surface area contributed by atoms with Crippen molar-refractivity contribution in [3.05, 3.63) is 47.8 Å². The number of halogens is 2. The summed E-state index contributed by atoms with van der Waals surface area (Å²) in [5.74, 6) is -0.378. The zero-order valence-electron chi connectivity index (χ0n) is 11.6. The number of aryl methyl sites for hydroxylation is 1. The quantitative estimate of drug-likeness (QED) is 0.675. The average Bonchev–Trinajstić information content (AvgIpc) is 2.77. The lowest BCUT2D eigenvalue weighted by Gasteiger charge is -2.06. The molecule has 4 nitrogen and oxygen atoms in total. The number of rotatable bonds is 2. The molecule has 0 aliphatic heterocycles. The second-order valence-corrected chi connectivity index (χ2v) is 5.12. The molecule has 0 radical (unpaired) electrons. The van der Waals surface area contributed by atoms with Crippen LogP contribution in [0.25, 0.3) is 27.7 Å². The van der Waals surface area contributed by atoms with Crippen LogP contribution in [0.5, 0.6) is 0 Å². The third kappa shape index (κ3) is 2.19. The molecule has 6 heteroatoms. The van der Waals surface area contributed by atoms with Crippen molar-refractivity contribution in [1.29, 1.82) is 0 Å². The summed E-state index contributed by atoms with van der Waals surface area (Å²) in [7, 11) is 1.76. The van der Waals surface area contributed by atoms with Crippen molar-refractivity contribution < 1.29 is 4.39 Å². The summed E-state index contributed by atoms with van der Waals surface area (Å²) in [5, 5.41) is 5.07. The van der Waals surface area contributed by atoms with Gasteiger partial charge in [0.05, 0.1) is 11.4 Å². The molecule has 0 aliphatic carbocycles. The highest BCUT2D eigenvalue weighted by Crippen LogP contribution is 2.34. The lowest BCUT2D eigenvalue weighted by Crippen LogP contribution is -1.95. The molecule has 2 aromatic heterocycles. The zero-order valence-corrected chi connectivity index (χ0v) is 12.3. The lowest BCUT2D eigenvalue weighted by molar-refractivity contribution is 0.632. The molecule has 0 bridgehead atoms. The second-order valence-electron chi connectivity index (χ2n) is 4.78. The van der Waals surface area contributed by atoms with Crippen LogP contribution in [0.1, 0.15) is 12.6 Å². The molecule has 0 saturated heterocycles. The first kappa shape index (κ1) is 13.7. The molecule has 3 rings (SSSR count). The maximum absolute atomic E-state index is 14.1. The molecular weight excluding hydrogens is 291 g/mol. The molecule has 2 heterocycles. The van der Waals surface area contributed by atoms with E-state index in [9.17, 15) is 4.39 Å². The van der Waals surface area contributed by atoms with Crippen LogP contribution < -0.4 is 0 Å². The minimum absolute atomic E-state index is 0.144. The molecule has 1 aromatic carbocycles. The second kappa shape index (κ2) is 4.93. The standard InChI is InChI=1S/C15H12ClFN4/c1-8(2)14-12-9(11-6-7-18-15(16)19-11)4-5-10(17)13(12)20-21(14)3/h4-7H,1H2,2-3H3. The van der Waals surface area contributed by atoms with Gasteiger partial charge in [0, 0.05) is 24.2 Å². The Labute approximate surface area is 125 Å². The minimum Gasteiger partial charge on any atom is -0.267 e. The third-order valence-corrected chi connectivity index (χ3v) is 3.43. The fourth-order valence-electron chi connectivity index (χ4n) is 2.45. The Hall–Kier alpha value is -2.27. The number of nitrogens with zero attached hydrogens (tertiary/aromatic N) is 4. The van der Waals surface area contributed by atoms with Crippen molar-refractivity contribution in [2.45, 2.75) is 6.92 Å². The SMILES string of the molecule is C=C(C)c1c2c(-c3ccnc(Cl)n3)ccc(F)c2nn1C. The van der Waals surface area contributed by atoms with Crippen LogP contribution in [0.2, 0.25) is 5.28 Å². The van der Waals surface area contributed by atoms with Crippen LogP contribution in [-0.2, 0) is 7.05 Å². The van der Waals surface area contributed by atoms with E-state index in [4.69, 9.17) is 11.6 Å². The number of hydrogen-bond donors (Lipinski definition) is 0. The molecule has 0 aliphatic rings. The van der Waals surface area contributed by atoms with Gasteiger partial charge in [-0.25, -0.2) is 14.4 Å². The number of hydrogen-bond acceptors (Lipinski definition) is 3. The van der Waals surface area contributed by atoms with E-state index >= 15 is 0 Å². The van der Waals surface area contributed by atoms with Crippen LogP contribution in [0, 0.1) is 5.82 Å². The highest BCUT2D eigenvalue weighted by atomic mass is 35.5. The van der Waals surface area contributed by atoms with Crippen molar-refractivity contribution >= 4 is 28.1 Å². The fraction of sp³-hybridized carbons (Fsp3) is 0.133. The highest BCUT2D eigenvalue weighted by Gasteiger charge is 2.18. The van der Waals surface area contributed by atoms with Gasteiger partial charge in [0.2, 0.25) is 5.28 Å². The topological polar surface area (TPSA) is 43.6 Å². The Morgan fingerprint density at radius 3 is 2.76 bits per heavy atom. The maximum atomic E-state index is 14.1. The van der Waals surface area contributed by atoms with Crippen LogP contribution in [-0.4, -0.2) is 19.7 Å². The zero-order chi connectivity index (χ0) is 15.1. The minimum atomic E-state index is -0.378. The van der Waals surface area contributed by atoms with E-state index in [1.165, 1.54) is 6.07 Å². The van der Waals surface area contributed by atoms with Gasteiger partial charge >= 0.3 is 0 Å². The van der Waals surface area contributed by atoms with Crippen LogP contribution in [0.4, 0.5) is 4.39 Å². The number of aromatic nitrogens is 4.